The molecule has 1 unspecified atom stereocenters. The van der Waals surface area contributed by atoms with E-state index < -0.39 is 10.0 Å². The highest BCUT2D eigenvalue weighted by atomic mass is 32.2. The number of aromatic nitrogens is 1. The number of aryl methyl sites for hydroxylation is 1. The number of hydrogen-bond donors (Lipinski definition) is 1. The smallest absolute Gasteiger partial charge is 0.241 e. The van der Waals surface area contributed by atoms with Crippen LogP contribution in [0, 0.1) is 6.92 Å². The second-order valence-corrected chi connectivity index (χ2v) is 6.67. The molecular weight excluding hydrogens is 300 g/mol. The summed E-state index contributed by atoms with van der Waals surface area (Å²) >= 11 is 0. The Kier molecular flexibility index (Phi) is 5.15. The van der Waals surface area contributed by atoms with Crippen molar-refractivity contribution >= 4 is 10.0 Å². The quantitative estimate of drug-likeness (QED) is 0.888. The molecule has 2 aromatic rings. The van der Waals surface area contributed by atoms with Crippen LogP contribution in [0.4, 0.5) is 0 Å². The molecule has 0 aliphatic heterocycles. The predicted octanol–water partition coefficient (Wildman–Crippen LogP) is 2.83. The van der Waals surface area contributed by atoms with Gasteiger partial charge in [-0.3, -0.25) is 4.98 Å². The zero-order valence-electron chi connectivity index (χ0n) is 12.9. The van der Waals surface area contributed by atoms with E-state index >= 15 is 0 Å². The maximum atomic E-state index is 12.5. The number of pyridine rings is 1. The van der Waals surface area contributed by atoms with Gasteiger partial charge < -0.3 is 4.74 Å². The second kappa shape index (κ2) is 6.89. The molecule has 0 saturated carbocycles. The molecule has 0 spiro atoms. The fourth-order valence-corrected chi connectivity index (χ4v) is 3.63. The van der Waals surface area contributed by atoms with Gasteiger partial charge in [0.25, 0.3) is 0 Å². The van der Waals surface area contributed by atoms with Gasteiger partial charge in [0.05, 0.1) is 11.5 Å². The van der Waals surface area contributed by atoms with Gasteiger partial charge in [0.2, 0.25) is 10.0 Å². The van der Waals surface area contributed by atoms with Crippen molar-refractivity contribution in [2.75, 3.05) is 6.61 Å². The standard InChI is InChI=1S/C16H20N2O3S/c1-4-21-15-7-8-16(12(2)10-15)22(19,20)18-13(3)14-6-5-9-17-11-14/h5-11,13,18H,4H2,1-3H3. The van der Waals surface area contributed by atoms with E-state index in [2.05, 4.69) is 9.71 Å². The Hall–Kier alpha value is -1.92. The molecule has 0 bridgehead atoms. The molecule has 5 nitrogen and oxygen atoms in total. The van der Waals surface area contributed by atoms with Crippen LogP contribution in [-0.4, -0.2) is 20.0 Å². The first-order chi connectivity index (χ1) is 10.4. The molecule has 0 aliphatic carbocycles. The van der Waals surface area contributed by atoms with Gasteiger partial charge in [0.15, 0.2) is 0 Å². The van der Waals surface area contributed by atoms with Crippen LogP contribution >= 0.6 is 0 Å². The van der Waals surface area contributed by atoms with E-state index in [9.17, 15) is 8.42 Å². The molecule has 0 fully saturated rings. The van der Waals surface area contributed by atoms with Gasteiger partial charge in [-0.1, -0.05) is 6.07 Å². The van der Waals surface area contributed by atoms with Gasteiger partial charge in [0.1, 0.15) is 5.75 Å². The Morgan fingerprint density at radius 3 is 2.68 bits per heavy atom. The van der Waals surface area contributed by atoms with E-state index in [0.29, 0.717) is 17.9 Å². The van der Waals surface area contributed by atoms with E-state index in [1.165, 1.54) is 0 Å². The molecule has 6 heteroatoms. The van der Waals surface area contributed by atoms with Crippen LogP contribution in [-0.2, 0) is 10.0 Å². The first-order valence-corrected chi connectivity index (χ1v) is 8.58. The third-order valence-electron chi connectivity index (χ3n) is 3.26. The topological polar surface area (TPSA) is 68.3 Å². The average Bonchev–Trinajstić information content (AvgIpc) is 2.48. The van der Waals surface area contributed by atoms with Crippen molar-refractivity contribution in [3.05, 3.63) is 53.9 Å². The van der Waals surface area contributed by atoms with E-state index in [0.717, 1.165) is 5.56 Å². The summed E-state index contributed by atoms with van der Waals surface area (Å²) in [4.78, 5) is 4.26. The maximum Gasteiger partial charge on any atom is 0.241 e. The fourth-order valence-electron chi connectivity index (χ4n) is 2.18. The molecule has 0 saturated heterocycles. The fraction of sp³-hybridized carbons (Fsp3) is 0.312. The van der Waals surface area contributed by atoms with Gasteiger partial charge in [-0.05, 0) is 56.2 Å². The van der Waals surface area contributed by atoms with Crippen LogP contribution in [0.2, 0.25) is 0 Å². The lowest BCUT2D eigenvalue weighted by Crippen LogP contribution is -2.27. The van der Waals surface area contributed by atoms with Crippen LogP contribution in [0.5, 0.6) is 5.75 Å². The molecule has 1 aromatic carbocycles. The summed E-state index contributed by atoms with van der Waals surface area (Å²) in [6.07, 6.45) is 3.31. The van der Waals surface area contributed by atoms with E-state index in [-0.39, 0.29) is 10.9 Å². The van der Waals surface area contributed by atoms with Crippen LogP contribution < -0.4 is 9.46 Å². The number of nitrogens with zero attached hydrogens (tertiary/aromatic N) is 1. The van der Waals surface area contributed by atoms with E-state index in [4.69, 9.17) is 4.74 Å². The largest absolute Gasteiger partial charge is 0.494 e. The highest BCUT2D eigenvalue weighted by Gasteiger charge is 2.20. The van der Waals surface area contributed by atoms with Crippen molar-refractivity contribution in [2.24, 2.45) is 0 Å². The van der Waals surface area contributed by atoms with E-state index in [1.54, 1.807) is 50.5 Å². The van der Waals surface area contributed by atoms with Crippen LogP contribution in [0.1, 0.15) is 31.0 Å². The second-order valence-electron chi connectivity index (χ2n) is 4.99. The minimum atomic E-state index is -3.60. The molecule has 22 heavy (non-hydrogen) atoms. The summed E-state index contributed by atoms with van der Waals surface area (Å²) in [5.41, 5.74) is 1.46. The van der Waals surface area contributed by atoms with Crippen molar-refractivity contribution in [3.63, 3.8) is 0 Å². The number of sulfonamides is 1. The summed E-state index contributed by atoms with van der Waals surface area (Å²) in [6.45, 7) is 5.98. The zero-order valence-corrected chi connectivity index (χ0v) is 13.7. The predicted molar refractivity (Wildman–Crippen MR) is 85.3 cm³/mol. The minimum absolute atomic E-state index is 0.256. The Morgan fingerprint density at radius 2 is 2.09 bits per heavy atom. The summed E-state index contributed by atoms with van der Waals surface area (Å²) in [5.74, 6) is 0.666. The SMILES string of the molecule is CCOc1ccc(S(=O)(=O)NC(C)c2cccnc2)c(C)c1. The summed E-state index contributed by atoms with van der Waals surface area (Å²) < 4.78 is 33.1. The lowest BCUT2D eigenvalue weighted by atomic mass is 10.2. The van der Waals surface area contributed by atoms with Crippen LogP contribution in [0.15, 0.2) is 47.6 Å². The Labute approximate surface area is 131 Å². The summed E-state index contributed by atoms with van der Waals surface area (Å²) in [7, 11) is -3.60. The maximum absolute atomic E-state index is 12.5. The minimum Gasteiger partial charge on any atom is -0.494 e. The first-order valence-electron chi connectivity index (χ1n) is 7.09. The number of hydrogen-bond acceptors (Lipinski definition) is 4. The zero-order chi connectivity index (χ0) is 16.2. The normalized spacial score (nSPS) is 12.9. The third kappa shape index (κ3) is 3.84. The van der Waals surface area contributed by atoms with E-state index in [1.807, 2.05) is 13.0 Å². The van der Waals surface area contributed by atoms with Gasteiger partial charge in [-0.25, -0.2) is 13.1 Å². The van der Waals surface area contributed by atoms with Gasteiger partial charge >= 0.3 is 0 Å². The molecule has 1 aromatic heterocycles. The average molecular weight is 320 g/mol. The molecular formula is C16H20N2O3S. The molecule has 1 heterocycles. The van der Waals surface area contributed by atoms with Crippen molar-refractivity contribution in [1.29, 1.82) is 0 Å². The number of benzene rings is 1. The van der Waals surface area contributed by atoms with Crippen molar-refractivity contribution in [3.8, 4) is 5.75 Å². The molecule has 1 N–H and O–H groups in total. The third-order valence-corrected chi connectivity index (χ3v) is 4.96. The molecule has 0 amide bonds. The molecule has 0 radical (unpaired) electrons. The van der Waals surface area contributed by atoms with Gasteiger partial charge in [-0.15, -0.1) is 0 Å². The van der Waals surface area contributed by atoms with Crippen molar-refractivity contribution in [1.82, 2.24) is 9.71 Å². The monoisotopic (exact) mass is 320 g/mol. The Balaban J connectivity index is 2.23. The van der Waals surface area contributed by atoms with Crippen molar-refractivity contribution < 1.29 is 13.2 Å². The van der Waals surface area contributed by atoms with Crippen LogP contribution in [0.25, 0.3) is 0 Å². The summed E-state index contributed by atoms with van der Waals surface area (Å²) in [5, 5.41) is 0. The highest BCUT2D eigenvalue weighted by molar-refractivity contribution is 7.89. The van der Waals surface area contributed by atoms with Gasteiger partial charge in [0, 0.05) is 18.4 Å². The van der Waals surface area contributed by atoms with Crippen LogP contribution in [0.3, 0.4) is 0 Å². The molecule has 2 rings (SSSR count). The van der Waals surface area contributed by atoms with Gasteiger partial charge in [-0.2, -0.15) is 0 Å². The molecule has 118 valence electrons. The molecule has 1 atom stereocenters. The lowest BCUT2D eigenvalue weighted by Gasteiger charge is -2.16. The Morgan fingerprint density at radius 1 is 1.32 bits per heavy atom. The first kappa shape index (κ1) is 16.5. The lowest BCUT2D eigenvalue weighted by molar-refractivity contribution is 0.339. The molecule has 0 aliphatic rings. The number of rotatable bonds is 6. The highest BCUT2D eigenvalue weighted by Crippen LogP contribution is 2.23. The summed E-state index contributed by atoms with van der Waals surface area (Å²) in [6, 6.07) is 8.23. The Bertz CT molecular complexity index is 730. The van der Waals surface area contributed by atoms with Crippen molar-refractivity contribution in [2.45, 2.75) is 31.7 Å². The number of ether oxygens (including phenoxy) is 1. The number of nitrogens with one attached hydrogen (secondary N) is 1.